The number of rotatable bonds is 4. The number of nitrogens with zero attached hydrogens (tertiary/aromatic N) is 1. The van der Waals surface area contributed by atoms with Gasteiger partial charge in [0.05, 0.1) is 0 Å². The van der Waals surface area contributed by atoms with E-state index in [-0.39, 0.29) is 0 Å². The van der Waals surface area contributed by atoms with Crippen molar-refractivity contribution in [3.8, 4) is 0 Å². The highest BCUT2D eigenvalue weighted by molar-refractivity contribution is 9.10. The van der Waals surface area contributed by atoms with Crippen LogP contribution in [0.2, 0.25) is 0 Å². The van der Waals surface area contributed by atoms with E-state index in [1.807, 2.05) is 14.0 Å². The average Bonchev–Trinajstić information content (AvgIpc) is 2.68. The van der Waals surface area contributed by atoms with Gasteiger partial charge >= 0.3 is 0 Å². The number of hydrogen-bond acceptors (Lipinski definition) is 4. The second-order valence-corrected chi connectivity index (χ2v) is 6.67. The summed E-state index contributed by atoms with van der Waals surface area (Å²) in [4.78, 5) is 5.66. The van der Waals surface area contributed by atoms with E-state index < -0.39 is 0 Å². The molecule has 2 nitrogen and oxygen atoms in total. The molecule has 0 aliphatic rings. The first-order chi connectivity index (χ1) is 8.19. The van der Waals surface area contributed by atoms with Crippen LogP contribution in [0, 0.1) is 6.92 Å². The first-order valence-electron chi connectivity index (χ1n) is 5.22. The molecular weight excluding hydrogens is 316 g/mol. The number of thiazole rings is 1. The molecule has 90 valence electrons. The van der Waals surface area contributed by atoms with E-state index in [1.165, 1.54) is 10.5 Å². The van der Waals surface area contributed by atoms with Crippen molar-refractivity contribution in [1.29, 1.82) is 0 Å². The van der Waals surface area contributed by atoms with Gasteiger partial charge in [-0.3, -0.25) is 0 Å². The van der Waals surface area contributed by atoms with Gasteiger partial charge in [0.25, 0.3) is 0 Å². The van der Waals surface area contributed by atoms with Gasteiger partial charge in [-0.25, -0.2) is 4.98 Å². The molecule has 1 heterocycles. The topological polar surface area (TPSA) is 24.9 Å². The number of hydrogen-bond donors (Lipinski definition) is 1. The summed E-state index contributed by atoms with van der Waals surface area (Å²) < 4.78 is 2.24. The Hall–Kier alpha value is -0.360. The Balaban J connectivity index is 2.14. The Labute approximate surface area is 118 Å². The van der Waals surface area contributed by atoms with Gasteiger partial charge in [0.2, 0.25) is 0 Å². The van der Waals surface area contributed by atoms with E-state index >= 15 is 0 Å². The third-order valence-corrected chi connectivity index (χ3v) is 4.98. The summed E-state index contributed by atoms with van der Waals surface area (Å²) in [7, 11) is 1.95. The molecule has 0 radical (unpaired) electrons. The maximum absolute atomic E-state index is 4.45. The van der Waals surface area contributed by atoms with E-state index in [1.54, 1.807) is 23.1 Å². The summed E-state index contributed by atoms with van der Waals surface area (Å²) in [5.41, 5.74) is 2.36. The molecule has 0 aliphatic carbocycles. The van der Waals surface area contributed by atoms with Crippen LogP contribution in [-0.4, -0.2) is 12.0 Å². The van der Waals surface area contributed by atoms with Crippen molar-refractivity contribution in [2.45, 2.75) is 22.7 Å². The SMILES string of the molecule is CNCc1ccc(Sc2nc(C)cs2)cc1Br. The zero-order valence-corrected chi connectivity index (χ0v) is 12.9. The van der Waals surface area contributed by atoms with Gasteiger partial charge < -0.3 is 5.32 Å². The lowest BCUT2D eigenvalue weighted by Gasteiger charge is -2.05. The predicted molar refractivity (Wildman–Crippen MR) is 77.9 cm³/mol. The summed E-state index contributed by atoms with van der Waals surface area (Å²) in [5.74, 6) is 0. The van der Waals surface area contributed by atoms with Crippen molar-refractivity contribution in [2.75, 3.05) is 7.05 Å². The fourth-order valence-corrected chi connectivity index (χ4v) is 3.93. The fourth-order valence-electron chi connectivity index (χ4n) is 1.41. The van der Waals surface area contributed by atoms with Crippen molar-refractivity contribution >= 4 is 39.0 Å². The number of aryl methyl sites for hydroxylation is 1. The second-order valence-electron chi connectivity index (χ2n) is 3.64. The molecule has 0 atom stereocenters. The van der Waals surface area contributed by atoms with Crippen LogP contribution in [0.5, 0.6) is 0 Å². The largest absolute Gasteiger partial charge is 0.316 e. The van der Waals surface area contributed by atoms with Gasteiger partial charge in [-0.05, 0) is 31.7 Å². The molecule has 2 rings (SSSR count). The lowest BCUT2D eigenvalue weighted by atomic mass is 10.2. The predicted octanol–water partition coefficient (Wildman–Crippen LogP) is 4.08. The number of nitrogens with one attached hydrogen (secondary N) is 1. The summed E-state index contributed by atoms with van der Waals surface area (Å²) in [6.07, 6.45) is 0. The molecule has 17 heavy (non-hydrogen) atoms. The lowest BCUT2D eigenvalue weighted by molar-refractivity contribution is 0.813. The van der Waals surface area contributed by atoms with Crippen LogP contribution >= 0.6 is 39.0 Å². The minimum atomic E-state index is 0.877. The first-order valence-corrected chi connectivity index (χ1v) is 7.71. The maximum Gasteiger partial charge on any atom is 0.154 e. The Morgan fingerprint density at radius 3 is 2.88 bits per heavy atom. The van der Waals surface area contributed by atoms with E-state index in [9.17, 15) is 0 Å². The monoisotopic (exact) mass is 328 g/mol. The standard InChI is InChI=1S/C12H13BrN2S2/c1-8-7-16-12(15-8)17-10-4-3-9(6-14-2)11(13)5-10/h3-5,7,14H,6H2,1-2H3. The van der Waals surface area contributed by atoms with Gasteiger partial charge in [-0.1, -0.05) is 33.8 Å². The van der Waals surface area contributed by atoms with E-state index in [2.05, 4.69) is 49.8 Å². The van der Waals surface area contributed by atoms with Crippen molar-refractivity contribution in [2.24, 2.45) is 0 Å². The Bertz CT molecular complexity index is 511. The highest BCUT2D eigenvalue weighted by Crippen LogP contribution is 2.32. The first kappa shape index (κ1) is 13.1. The van der Waals surface area contributed by atoms with Gasteiger partial charge in [0.1, 0.15) is 0 Å². The molecule has 1 aromatic heterocycles. The molecule has 5 heteroatoms. The zero-order chi connectivity index (χ0) is 12.3. The molecule has 0 saturated carbocycles. The normalized spacial score (nSPS) is 10.8. The van der Waals surface area contributed by atoms with Crippen LogP contribution in [0.15, 0.2) is 37.3 Å². The van der Waals surface area contributed by atoms with E-state index in [4.69, 9.17) is 0 Å². The molecule has 0 aliphatic heterocycles. The number of benzene rings is 1. The van der Waals surface area contributed by atoms with Gasteiger partial charge in [0.15, 0.2) is 4.34 Å². The zero-order valence-electron chi connectivity index (χ0n) is 9.66. The van der Waals surface area contributed by atoms with Crippen molar-refractivity contribution in [1.82, 2.24) is 10.3 Å². The maximum atomic E-state index is 4.45. The highest BCUT2D eigenvalue weighted by Gasteiger charge is 2.05. The molecule has 0 unspecified atom stereocenters. The molecular formula is C12H13BrN2S2. The minimum Gasteiger partial charge on any atom is -0.316 e. The van der Waals surface area contributed by atoms with Crippen LogP contribution in [0.25, 0.3) is 0 Å². The molecule has 1 N–H and O–H groups in total. The Morgan fingerprint density at radius 2 is 2.29 bits per heavy atom. The third-order valence-electron chi connectivity index (χ3n) is 2.19. The number of aromatic nitrogens is 1. The summed E-state index contributed by atoms with van der Waals surface area (Å²) in [5, 5.41) is 5.23. The lowest BCUT2D eigenvalue weighted by Crippen LogP contribution is -2.05. The van der Waals surface area contributed by atoms with Crippen LogP contribution in [0.1, 0.15) is 11.3 Å². The van der Waals surface area contributed by atoms with Gasteiger partial charge in [0, 0.05) is 27.0 Å². The van der Waals surface area contributed by atoms with Gasteiger partial charge in [-0.2, -0.15) is 0 Å². The molecule has 0 fully saturated rings. The minimum absolute atomic E-state index is 0.877. The molecule has 2 aromatic rings. The summed E-state index contributed by atoms with van der Waals surface area (Å²) >= 11 is 6.99. The Morgan fingerprint density at radius 1 is 1.47 bits per heavy atom. The van der Waals surface area contributed by atoms with Crippen LogP contribution in [0.4, 0.5) is 0 Å². The van der Waals surface area contributed by atoms with Crippen molar-refractivity contribution < 1.29 is 0 Å². The van der Waals surface area contributed by atoms with E-state index in [0.29, 0.717) is 0 Å². The molecule has 0 bridgehead atoms. The second kappa shape index (κ2) is 6.00. The van der Waals surface area contributed by atoms with Gasteiger partial charge in [-0.15, -0.1) is 11.3 Å². The fraction of sp³-hybridized carbons (Fsp3) is 0.250. The van der Waals surface area contributed by atoms with Crippen LogP contribution in [0.3, 0.4) is 0 Å². The third kappa shape index (κ3) is 3.55. The van der Waals surface area contributed by atoms with Crippen LogP contribution in [-0.2, 0) is 6.54 Å². The smallest absolute Gasteiger partial charge is 0.154 e. The highest BCUT2D eigenvalue weighted by atomic mass is 79.9. The molecule has 1 aromatic carbocycles. The average molecular weight is 329 g/mol. The Kier molecular flexibility index (Phi) is 4.62. The molecule has 0 saturated heterocycles. The van der Waals surface area contributed by atoms with Crippen molar-refractivity contribution in [3.05, 3.63) is 39.3 Å². The molecule has 0 spiro atoms. The molecule has 0 amide bonds. The van der Waals surface area contributed by atoms with E-state index in [0.717, 1.165) is 21.1 Å². The van der Waals surface area contributed by atoms with Crippen LogP contribution < -0.4 is 5.32 Å². The summed E-state index contributed by atoms with van der Waals surface area (Å²) in [6, 6.07) is 6.43. The summed E-state index contributed by atoms with van der Waals surface area (Å²) in [6.45, 7) is 2.90. The van der Waals surface area contributed by atoms with Crippen molar-refractivity contribution in [3.63, 3.8) is 0 Å². The number of halogens is 1. The quantitative estimate of drug-likeness (QED) is 0.915.